The third kappa shape index (κ3) is 4.70. The van der Waals surface area contributed by atoms with Crippen molar-refractivity contribution in [1.29, 1.82) is 0 Å². The van der Waals surface area contributed by atoms with Crippen LogP contribution in [-0.4, -0.2) is 17.1 Å². The lowest BCUT2D eigenvalue weighted by atomic mass is 9.89. The van der Waals surface area contributed by atoms with E-state index in [2.05, 4.69) is 33.4 Å². The van der Waals surface area contributed by atoms with Crippen LogP contribution in [0, 0.1) is 11.7 Å². The number of carbonyl (C=O) groups is 1. The summed E-state index contributed by atoms with van der Waals surface area (Å²) in [6.07, 6.45) is 12.9. The number of hydrogen-bond donors (Lipinski definition) is 2. The first kappa shape index (κ1) is 22.0. The van der Waals surface area contributed by atoms with Crippen molar-refractivity contribution in [2.75, 3.05) is 17.2 Å². The number of aromatic nitrogens is 1. The first-order valence-corrected chi connectivity index (χ1v) is 12.7. The van der Waals surface area contributed by atoms with Crippen LogP contribution in [0.15, 0.2) is 59.8 Å². The van der Waals surface area contributed by atoms with Crippen molar-refractivity contribution in [3.8, 4) is 5.75 Å². The normalized spacial score (nSPS) is 17.9. The van der Waals surface area contributed by atoms with Crippen LogP contribution >= 0.6 is 0 Å². The number of fused-ring (bicyclic) bond motifs is 2. The van der Waals surface area contributed by atoms with Gasteiger partial charge in [-0.05, 0) is 85.7 Å². The number of carbonyl (C=O) groups excluding carboxylic acids is 1. The summed E-state index contributed by atoms with van der Waals surface area (Å²) in [5.41, 5.74) is 6.12. The molecule has 6 heteroatoms. The topological polar surface area (TPSA) is 55.3 Å². The van der Waals surface area contributed by atoms with Gasteiger partial charge in [0.15, 0.2) is 12.4 Å². The summed E-state index contributed by atoms with van der Waals surface area (Å²) in [6.45, 7) is 0.985. The molecule has 3 aromatic rings. The van der Waals surface area contributed by atoms with E-state index < -0.39 is 0 Å². The van der Waals surface area contributed by atoms with Crippen LogP contribution in [-0.2, 0) is 11.3 Å². The molecule has 2 heterocycles. The molecular formula is C29H30FN3O2. The van der Waals surface area contributed by atoms with Gasteiger partial charge < -0.3 is 19.9 Å². The smallest absolute Gasteiger partial charge is 0.262 e. The van der Waals surface area contributed by atoms with Gasteiger partial charge in [-0.3, -0.25) is 4.79 Å². The highest BCUT2D eigenvalue weighted by Gasteiger charge is 2.22. The zero-order valence-electron chi connectivity index (χ0n) is 19.8. The quantitative estimate of drug-likeness (QED) is 0.413. The Morgan fingerprint density at radius 2 is 2.00 bits per heavy atom. The van der Waals surface area contributed by atoms with Gasteiger partial charge in [0.1, 0.15) is 5.82 Å². The fourth-order valence-electron chi connectivity index (χ4n) is 5.34. The molecule has 2 N–H and O–H groups in total. The molecule has 1 amide bonds. The van der Waals surface area contributed by atoms with Crippen molar-refractivity contribution in [1.82, 2.24) is 4.57 Å². The van der Waals surface area contributed by atoms with E-state index in [1.165, 1.54) is 37.7 Å². The van der Waals surface area contributed by atoms with Gasteiger partial charge in [-0.2, -0.15) is 0 Å². The van der Waals surface area contributed by atoms with Crippen LogP contribution in [0.1, 0.15) is 50.6 Å². The summed E-state index contributed by atoms with van der Waals surface area (Å²) in [6, 6.07) is 12.9. The zero-order valence-corrected chi connectivity index (χ0v) is 19.8. The van der Waals surface area contributed by atoms with Gasteiger partial charge in [0, 0.05) is 28.8 Å². The Balaban J connectivity index is 1.31. The van der Waals surface area contributed by atoms with E-state index >= 15 is 0 Å². The molecule has 1 aliphatic heterocycles. The van der Waals surface area contributed by atoms with E-state index in [1.807, 2.05) is 24.3 Å². The predicted octanol–water partition coefficient (Wildman–Crippen LogP) is 6.86. The van der Waals surface area contributed by atoms with Gasteiger partial charge in [-0.15, -0.1) is 0 Å². The fraction of sp³-hybridized carbons (Fsp3) is 0.345. The third-order valence-corrected chi connectivity index (χ3v) is 7.27. The number of nitrogens with one attached hydrogen (secondary N) is 2. The number of amides is 1. The lowest BCUT2D eigenvalue weighted by Gasteiger charge is -2.23. The summed E-state index contributed by atoms with van der Waals surface area (Å²) in [5, 5.41) is 7.36. The maximum Gasteiger partial charge on any atom is 0.262 e. The molecule has 0 spiro atoms. The molecule has 6 rings (SSSR count). The SMILES string of the molecule is O=C1COc2c(cccc2NC(/C=C/c2cc3cc(F)ccc3n2CC2CCCCC2)=C2CC2)N1. The highest BCUT2D eigenvalue weighted by Crippen LogP contribution is 2.39. The Labute approximate surface area is 204 Å². The number of allylic oxidation sites excluding steroid dienone is 2. The number of nitrogens with zero attached hydrogens (tertiary/aromatic N) is 1. The molecule has 180 valence electrons. The Morgan fingerprint density at radius 1 is 1.14 bits per heavy atom. The fourth-order valence-corrected chi connectivity index (χ4v) is 5.34. The van der Waals surface area contributed by atoms with Crippen LogP contribution in [0.5, 0.6) is 5.75 Å². The molecule has 35 heavy (non-hydrogen) atoms. The minimum atomic E-state index is -0.203. The average Bonchev–Trinajstić information content (AvgIpc) is 3.65. The number of rotatable bonds is 6. The van der Waals surface area contributed by atoms with E-state index in [0.29, 0.717) is 17.4 Å². The summed E-state index contributed by atoms with van der Waals surface area (Å²) in [4.78, 5) is 11.7. The second-order valence-electron chi connectivity index (χ2n) is 9.88. The van der Waals surface area contributed by atoms with E-state index in [1.54, 1.807) is 12.1 Å². The second-order valence-corrected chi connectivity index (χ2v) is 9.88. The lowest BCUT2D eigenvalue weighted by molar-refractivity contribution is -0.118. The van der Waals surface area contributed by atoms with Crippen LogP contribution in [0.2, 0.25) is 0 Å². The van der Waals surface area contributed by atoms with Crippen molar-refractivity contribution < 1.29 is 13.9 Å². The van der Waals surface area contributed by atoms with Crippen molar-refractivity contribution in [3.05, 3.63) is 71.3 Å². The third-order valence-electron chi connectivity index (χ3n) is 7.27. The van der Waals surface area contributed by atoms with E-state index in [9.17, 15) is 9.18 Å². The summed E-state index contributed by atoms with van der Waals surface area (Å²) in [5.74, 6) is 0.990. The highest BCUT2D eigenvalue weighted by molar-refractivity contribution is 5.97. The molecule has 0 atom stereocenters. The van der Waals surface area contributed by atoms with Crippen LogP contribution in [0.4, 0.5) is 15.8 Å². The maximum atomic E-state index is 14.0. The number of para-hydroxylation sites is 1. The number of halogens is 1. The summed E-state index contributed by atoms with van der Waals surface area (Å²) >= 11 is 0. The molecule has 0 saturated heterocycles. The largest absolute Gasteiger partial charge is 0.479 e. The van der Waals surface area contributed by atoms with Crippen LogP contribution in [0.3, 0.4) is 0 Å². The van der Waals surface area contributed by atoms with Gasteiger partial charge in [0.05, 0.1) is 11.4 Å². The van der Waals surface area contributed by atoms with Gasteiger partial charge in [0.2, 0.25) is 0 Å². The molecule has 1 aromatic heterocycles. The minimum absolute atomic E-state index is 0.0191. The first-order chi connectivity index (χ1) is 17.1. The molecule has 2 fully saturated rings. The molecule has 0 bridgehead atoms. The molecular weight excluding hydrogens is 441 g/mol. The monoisotopic (exact) mass is 471 g/mol. The lowest BCUT2D eigenvalue weighted by Crippen LogP contribution is -2.25. The maximum absolute atomic E-state index is 14.0. The number of benzene rings is 2. The molecule has 0 radical (unpaired) electrons. The van der Waals surface area contributed by atoms with Gasteiger partial charge in [0.25, 0.3) is 5.91 Å². The second kappa shape index (κ2) is 9.25. The highest BCUT2D eigenvalue weighted by atomic mass is 19.1. The average molecular weight is 472 g/mol. The van der Waals surface area contributed by atoms with Crippen molar-refractivity contribution in [2.45, 2.75) is 51.5 Å². The van der Waals surface area contributed by atoms with Crippen molar-refractivity contribution >= 4 is 34.3 Å². The van der Waals surface area contributed by atoms with Crippen LogP contribution in [0.25, 0.3) is 17.0 Å². The molecule has 2 saturated carbocycles. The molecule has 0 unspecified atom stereocenters. The van der Waals surface area contributed by atoms with E-state index in [4.69, 9.17) is 4.74 Å². The number of ether oxygens (including phenoxy) is 1. The molecule has 5 nitrogen and oxygen atoms in total. The predicted molar refractivity (Wildman–Crippen MR) is 138 cm³/mol. The van der Waals surface area contributed by atoms with Crippen LogP contribution < -0.4 is 15.4 Å². The minimum Gasteiger partial charge on any atom is -0.479 e. The zero-order chi connectivity index (χ0) is 23.8. The van der Waals surface area contributed by atoms with Crippen molar-refractivity contribution in [3.63, 3.8) is 0 Å². The molecule has 2 aliphatic carbocycles. The Kier molecular flexibility index (Phi) is 5.80. The molecule has 2 aromatic carbocycles. The molecule has 3 aliphatic rings. The Morgan fingerprint density at radius 3 is 2.83 bits per heavy atom. The number of anilines is 2. The first-order valence-electron chi connectivity index (χ1n) is 12.7. The number of hydrogen-bond acceptors (Lipinski definition) is 3. The summed E-state index contributed by atoms with van der Waals surface area (Å²) < 4.78 is 22.1. The Hall–Kier alpha value is -3.54. The van der Waals surface area contributed by atoms with Crippen molar-refractivity contribution in [2.24, 2.45) is 5.92 Å². The standard InChI is InChI=1S/C29H30FN3O2/c30-22-11-14-27-21(15-22)16-23(33(27)17-19-5-2-1-3-6-19)12-13-24(20-9-10-20)31-25-7-4-8-26-29(25)35-18-28(34)32-26/h4,7-8,11-16,19,31H,1-3,5-6,9-10,17-18H2,(H,32,34)/b13-12+. The van der Waals surface area contributed by atoms with E-state index in [0.717, 1.165) is 47.4 Å². The Bertz CT molecular complexity index is 1340. The van der Waals surface area contributed by atoms with Gasteiger partial charge in [-0.25, -0.2) is 4.39 Å². The van der Waals surface area contributed by atoms with E-state index in [-0.39, 0.29) is 18.3 Å². The van der Waals surface area contributed by atoms with Gasteiger partial charge >= 0.3 is 0 Å². The summed E-state index contributed by atoms with van der Waals surface area (Å²) in [7, 11) is 0. The van der Waals surface area contributed by atoms with Gasteiger partial charge in [-0.1, -0.05) is 25.3 Å².